The number of benzene rings is 1. The molecule has 0 unspecified atom stereocenters. The zero-order chi connectivity index (χ0) is 17.1. The molecule has 1 fully saturated rings. The molecule has 2 heterocycles. The summed E-state index contributed by atoms with van der Waals surface area (Å²) in [6, 6.07) is 7.64. The quantitative estimate of drug-likeness (QED) is 0.865. The van der Waals surface area contributed by atoms with Crippen molar-refractivity contribution in [2.75, 3.05) is 26.8 Å². The van der Waals surface area contributed by atoms with Crippen LogP contribution >= 0.6 is 0 Å². The smallest absolute Gasteiger partial charge is 0.255 e. The number of amides is 1. The van der Waals surface area contributed by atoms with Gasteiger partial charge in [-0.3, -0.25) is 9.78 Å². The van der Waals surface area contributed by atoms with E-state index in [2.05, 4.69) is 4.98 Å². The van der Waals surface area contributed by atoms with Crippen molar-refractivity contribution in [1.82, 2.24) is 9.88 Å². The monoisotopic (exact) mass is 328 g/mol. The molecule has 1 saturated heterocycles. The molecule has 0 aliphatic carbocycles. The van der Waals surface area contributed by atoms with Crippen molar-refractivity contribution in [3.8, 4) is 5.75 Å². The van der Waals surface area contributed by atoms with E-state index in [0.717, 1.165) is 41.7 Å². The fourth-order valence-electron chi connectivity index (χ4n) is 3.26. The number of aryl methyl sites for hydroxylation is 1. The average molecular weight is 328 g/mol. The van der Waals surface area contributed by atoms with Gasteiger partial charge in [0.05, 0.1) is 30.0 Å². The van der Waals surface area contributed by atoms with Crippen LogP contribution in [0.4, 0.5) is 0 Å². The molecule has 1 aromatic heterocycles. The second-order valence-electron chi connectivity index (χ2n) is 6.15. The number of piperidine rings is 1. The summed E-state index contributed by atoms with van der Waals surface area (Å²) in [6.07, 6.45) is 2.13. The molecular weight excluding hydrogens is 304 g/mol. The van der Waals surface area contributed by atoms with Crippen LogP contribution in [0.5, 0.6) is 5.75 Å². The second kappa shape index (κ2) is 7.18. The number of carbonyl (C=O) groups excluding carboxylic acids is 1. The molecule has 1 aliphatic rings. The van der Waals surface area contributed by atoms with Gasteiger partial charge in [-0.05, 0) is 51.0 Å². The van der Waals surface area contributed by atoms with Crippen LogP contribution in [0.25, 0.3) is 10.9 Å². The number of pyridine rings is 1. The Morgan fingerprint density at radius 2 is 2.21 bits per heavy atom. The van der Waals surface area contributed by atoms with Gasteiger partial charge < -0.3 is 14.4 Å². The van der Waals surface area contributed by atoms with Gasteiger partial charge in [-0.15, -0.1) is 0 Å². The predicted molar refractivity (Wildman–Crippen MR) is 93.6 cm³/mol. The second-order valence-corrected chi connectivity index (χ2v) is 6.15. The van der Waals surface area contributed by atoms with Gasteiger partial charge in [-0.25, -0.2) is 0 Å². The van der Waals surface area contributed by atoms with Gasteiger partial charge in [0.15, 0.2) is 0 Å². The van der Waals surface area contributed by atoms with Crippen LogP contribution in [0.15, 0.2) is 24.3 Å². The zero-order valence-electron chi connectivity index (χ0n) is 14.5. The Balaban J connectivity index is 1.89. The van der Waals surface area contributed by atoms with E-state index in [-0.39, 0.29) is 12.0 Å². The maximum atomic E-state index is 13.0. The number of hydrogen-bond donors (Lipinski definition) is 0. The molecule has 24 heavy (non-hydrogen) atoms. The van der Waals surface area contributed by atoms with Gasteiger partial charge in [0, 0.05) is 25.1 Å². The van der Waals surface area contributed by atoms with Gasteiger partial charge in [-0.1, -0.05) is 0 Å². The third-order valence-electron chi connectivity index (χ3n) is 4.51. The van der Waals surface area contributed by atoms with Crippen molar-refractivity contribution in [2.45, 2.75) is 32.8 Å². The molecule has 1 amide bonds. The van der Waals surface area contributed by atoms with E-state index in [9.17, 15) is 4.79 Å². The lowest BCUT2D eigenvalue weighted by atomic mass is 10.0. The summed E-state index contributed by atoms with van der Waals surface area (Å²) in [5.74, 6) is 0.801. The number of likely N-dealkylation sites (tertiary alicyclic amines) is 1. The summed E-state index contributed by atoms with van der Waals surface area (Å²) in [5.41, 5.74) is 2.29. The first-order valence-corrected chi connectivity index (χ1v) is 8.48. The molecule has 0 N–H and O–H groups in total. The minimum Gasteiger partial charge on any atom is -0.497 e. The largest absolute Gasteiger partial charge is 0.497 e. The van der Waals surface area contributed by atoms with Crippen LogP contribution in [0, 0.1) is 6.92 Å². The lowest BCUT2D eigenvalue weighted by Gasteiger charge is -2.32. The molecule has 0 spiro atoms. The molecule has 3 rings (SSSR count). The summed E-state index contributed by atoms with van der Waals surface area (Å²) >= 11 is 0. The van der Waals surface area contributed by atoms with Gasteiger partial charge in [0.25, 0.3) is 5.91 Å². The molecule has 5 heteroatoms. The van der Waals surface area contributed by atoms with E-state index < -0.39 is 0 Å². The van der Waals surface area contributed by atoms with Crippen LogP contribution in [-0.4, -0.2) is 48.7 Å². The predicted octanol–water partition coefficient (Wildman–Crippen LogP) is 3.19. The number of fused-ring (bicyclic) bond motifs is 1. The van der Waals surface area contributed by atoms with E-state index in [1.807, 2.05) is 43.0 Å². The first-order chi connectivity index (χ1) is 11.6. The SMILES string of the molecule is CCO[C@H]1CCCN(C(=O)c2cc3cc(OC)ccc3nc2C)C1. The normalized spacial score (nSPS) is 18.0. The lowest BCUT2D eigenvalue weighted by Crippen LogP contribution is -2.43. The summed E-state index contributed by atoms with van der Waals surface area (Å²) in [4.78, 5) is 19.4. The van der Waals surface area contributed by atoms with Crippen LogP contribution in [0.2, 0.25) is 0 Å². The number of ether oxygens (including phenoxy) is 2. The van der Waals surface area contributed by atoms with E-state index in [0.29, 0.717) is 18.7 Å². The molecule has 2 aromatic rings. The Morgan fingerprint density at radius 3 is 2.96 bits per heavy atom. The molecule has 5 nitrogen and oxygen atoms in total. The van der Waals surface area contributed by atoms with Gasteiger partial charge >= 0.3 is 0 Å². The van der Waals surface area contributed by atoms with Crippen LogP contribution in [0.1, 0.15) is 35.8 Å². The third-order valence-corrected chi connectivity index (χ3v) is 4.51. The Kier molecular flexibility index (Phi) is 5.00. The summed E-state index contributed by atoms with van der Waals surface area (Å²) in [5, 5.41) is 0.918. The van der Waals surface area contributed by atoms with E-state index in [1.165, 1.54) is 0 Å². The van der Waals surface area contributed by atoms with Crippen molar-refractivity contribution in [3.63, 3.8) is 0 Å². The minimum absolute atomic E-state index is 0.0362. The summed E-state index contributed by atoms with van der Waals surface area (Å²) in [7, 11) is 1.64. The fraction of sp³-hybridized carbons (Fsp3) is 0.474. The topological polar surface area (TPSA) is 51.7 Å². The number of aromatic nitrogens is 1. The summed E-state index contributed by atoms with van der Waals surface area (Å²) in [6.45, 7) is 6.00. The molecule has 1 aliphatic heterocycles. The van der Waals surface area contributed by atoms with E-state index in [1.54, 1.807) is 7.11 Å². The van der Waals surface area contributed by atoms with E-state index in [4.69, 9.17) is 9.47 Å². The standard InChI is InChI=1S/C19H24N2O3/c1-4-24-16-6-5-9-21(12-16)19(22)17-11-14-10-15(23-3)7-8-18(14)20-13(17)2/h7-8,10-11,16H,4-6,9,12H2,1-3H3/t16-/m0/s1. The first kappa shape index (κ1) is 16.7. The highest BCUT2D eigenvalue weighted by atomic mass is 16.5. The van der Waals surface area contributed by atoms with E-state index >= 15 is 0 Å². The fourth-order valence-corrected chi connectivity index (χ4v) is 3.26. The number of hydrogen-bond acceptors (Lipinski definition) is 4. The minimum atomic E-state index is 0.0362. The number of methoxy groups -OCH3 is 1. The van der Waals surface area contributed by atoms with Crippen LogP contribution in [-0.2, 0) is 4.74 Å². The van der Waals surface area contributed by atoms with Crippen molar-refractivity contribution < 1.29 is 14.3 Å². The zero-order valence-corrected chi connectivity index (χ0v) is 14.5. The lowest BCUT2D eigenvalue weighted by molar-refractivity contribution is 0.00720. The highest BCUT2D eigenvalue weighted by Gasteiger charge is 2.26. The van der Waals surface area contributed by atoms with Crippen LogP contribution in [0.3, 0.4) is 0 Å². The Bertz CT molecular complexity index is 743. The average Bonchev–Trinajstić information content (AvgIpc) is 2.60. The number of carbonyl (C=O) groups is 1. The Hall–Kier alpha value is -2.14. The van der Waals surface area contributed by atoms with Crippen LogP contribution < -0.4 is 4.74 Å². The molecule has 0 saturated carbocycles. The molecule has 0 radical (unpaired) electrons. The molecule has 128 valence electrons. The Morgan fingerprint density at radius 1 is 1.38 bits per heavy atom. The molecule has 1 atom stereocenters. The summed E-state index contributed by atoms with van der Waals surface area (Å²) < 4.78 is 11.0. The number of nitrogens with zero attached hydrogens (tertiary/aromatic N) is 2. The third kappa shape index (κ3) is 3.36. The Labute approximate surface area is 142 Å². The van der Waals surface area contributed by atoms with Crippen molar-refractivity contribution in [1.29, 1.82) is 0 Å². The van der Waals surface area contributed by atoms with Crippen molar-refractivity contribution >= 4 is 16.8 Å². The maximum Gasteiger partial charge on any atom is 0.255 e. The van der Waals surface area contributed by atoms with Gasteiger partial charge in [0.1, 0.15) is 5.75 Å². The van der Waals surface area contributed by atoms with Crippen molar-refractivity contribution in [2.24, 2.45) is 0 Å². The molecule has 0 bridgehead atoms. The maximum absolute atomic E-state index is 13.0. The van der Waals surface area contributed by atoms with Gasteiger partial charge in [0.2, 0.25) is 0 Å². The highest BCUT2D eigenvalue weighted by molar-refractivity contribution is 5.98. The molecular formula is C19H24N2O3. The van der Waals surface area contributed by atoms with Gasteiger partial charge in [-0.2, -0.15) is 0 Å². The number of rotatable bonds is 4. The highest BCUT2D eigenvalue weighted by Crippen LogP contribution is 2.24. The molecule has 1 aromatic carbocycles. The first-order valence-electron chi connectivity index (χ1n) is 8.48. The van der Waals surface area contributed by atoms with Crippen molar-refractivity contribution in [3.05, 3.63) is 35.5 Å².